The number of aromatic nitrogens is 6. The number of hydrogen-bond acceptors (Lipinski definition) is 6. The van der Waals surface area contributed by atoms with E-state index in [-0.39, 0.29) is 33.7 Å². The van der Waals surface area contributed by atoms with Crippen molar-refractivity contribution in [3.05, 3.63) is 98.7 Å². The van der Waals surface area contributed by atoms with Gasteiger partial charge >= 0.3 is 5.69 Å². The van der Waals surface area contributed by atoms with Crippen LogP contribution in [-0.2, 0) is 6.54 Å². The largest absolute Gasteiger partial charge is 0.337 e. The van der Waals surface area contributed by atoms with Crippen LogP contribution in [0, 0.1) is 35.7 Å². The lowest BCUT2D eigenvalue weighted by molar-refractivity contribution is 0.510. The minimum atomic E-state index is -1.22. The summed E-state index contributed by atoms with van der Waals surface area (Å²) in [4.78, 5) is 31.5. The SMILES string of the molecule is Cc1cncc(-n2c(=O)c(-n3nnc4cc(F)c(F)cc43)c(-c3cccc(F)c3)n(CC#N)c2=O)c1. The lowest BCUT2D eigenvalue weighted by atomic mass is 10.1. The van der Waals surface area contributed by atoms with Crippen LogP contribution >= 0.6 is 0 Å². The minimum absolute atomic E-state index is 0.0692. The third-order valence-corrected chi connectivity index (χ3v) is 5.47. The molecule has 3 heterocycles. The normalized spacial score (nSPS) is 11.1. The van der Waals surface area contributed by atoms with Gasteiger partial charge in [0.15, 0.2) is 17.3 Å². The van der Waals surface area contributed by atoms with Crippen LogP contribution in [0.1, 0.15) is 5.56 Å². The monoisotopic (exact) mass is 489 g/mol. The van der Waals surface area contributed by atoms with E-state index in [0.717, 1.165) is 32.0 Å². The van der Waals surface area contributed by atoms with Gasteiger partial charge in [0.25, 0.3) is 5.56 Å². The van der Waals surface area contributed by atoms with Crippen LogP contribution in [0.3, 0.4) is 0 Å². The van der Waals surface area contributed by atoms with Gasteiger partial charge in [-0.1, -0.05) is 17.3 Å². The van der Waals surface area contributed by atoms with E-state index in [0.29, 0.717) is 5.56 Å². The van der Waals surface area contributed by atoms with Crippen molar-refractivity contribution >= 4 is 11.0 Å². The Bertz CT molecular complexity index is 1830. The zero-order chi connectivity index (χ0) is 25.6. The fourth-order valence-corrected chi connectivity index (χ4v) is 3.95. The lowest BCUT2D eigenvalue weighted by Crippen LogP contribution is -2.42. The first-order chi connectivity index (χ1) is 17.3. The third-order valence-electron chi connectivity index (χ3n) is 5.47. The standard InChI is InChI=1S/C24H14F3N7O2/c1-13-7-16(12-29-11-13)33-23(35)22(34-20-10-18(27)17(26)9-19(20)30-31-34)21(32(6-5-28)24(33)36)14-3-2-4-15(25)8-14/h2-4,7-12H,6H2,1H3. The Hall–Kier alpha value is -5.05. The van der Waals surface area contributed by atoms with E-state index in [1.165, 1.54) is 36.7 Å². The summed E-state index contributed by atoms with van der Waals surface area (Å²) in [5.41, 5.74) is -1.62. The molecule has 0 amide bonds. The van der Waals surface area contributed by atoms with Crippen molar-refractivity contribution in [1.29, 1.82) is 5.26 Å². The van der Waals surface area contributed by atoms with Gasteiger partial charge < -0.3 is 0 Å². The van der Waals surface area contributed by atoms with Crippen molar-refractivity contribution in [3.63, 3.8) is 0 Å². The molecule has 0 spiro atoms. The zero-order valence-corrected chi connectivity index (χ0v) is 18.5. The lowest BCUT2D eigenvalue weighted by Gasteiger charge is -2.18. The first kappa shape index (κ1) is 22.7. The predicted octanol–water partition coefficient (Wildman–Crippen LogP) is 3.04. The van der Waals surface area contributed by atoms with Crippen molar-refractivity contribution < 1.29 is 13.2 Å². The fraction of sp³-hybridized carbons (Fsp3) is 0.0833. The molecule has 0 unspecified atom stereocenters. The molecule has 3 aromatic heterocycles. The Morgan fingerprint density at radius 2 is 1.81 bits per heavy atom. The third kappa shape index (κ3) is 3.63. The summed E-state index contributed by atoms with van der Waals surface area (Å²) in [7, 11) is 0. The second-order valence-corrected chi connectivity index (χ2v) is 7.85. The van der Waals surface area contributed by atoms with E-state index >= 15 is 0 Å². The van der Waals surface area contributed by atoms with Gasteiger partial charge in [-0.15, -0.1) is 5.10 Å². The van der Waals surface area contributed by atoms with E-state index in [1.807, 2.05) is 6.07 Å². The van der Waals surface area contributed by atoms with Crippen LogP contribution in [-0.4, -0.2) is 29.1 Å². The summed E-state index contributed by atoms with van der Waals surface area (Å²) < 4.78 is 44.9. The van der Waals surface area contributed by atoms with Crippen LogP contribution in [0.15, 0.2) is 64.4 Å². The Kier molecular flexibility index (Phi) is 5.44. The summed E-state index contributed by atoms with van der Waals surface area (Å²) in [6.07, 6.45) is 2.80. The van der Waals surface area contributed by atoms with Crippen LogP contribution in [0.4, 0.5) is 13.2 Å². The highest BCUT2D eigenvalue weighted by molar-refractivity contribution is 5.79. The first-order valence-corrected chi connectivity index (χ1v) is 10.5. The van der Waals surface area contributed by atoms with E-state index in [2.05, 4.69) is 15.3 Å². The molecule has 2 aromatic carbocycles. The van der Waals surface area contributed by atoms with Gasteiger partial charge in [0.2, 0.25) is 0 Å². The van der Waals surface area contributed by atoms with Crippen molar-refractivity contribution in [3.8, 4) is 28.7 Å². The molecule has 0 aliphatic carbocycles. The molecular formula is C24H14F3N7O2. The van der Waals surface area contributed by atoms with E-state index < -0.39 is 35.2 Å². The highest BCUT2D eigenvalue weighted by atomic mass is 19.2. The van der Waals surface area contributed by atoms with Gasteiger partial charge in [0.05, 0.1) is 29.2 Å². The Labute approximate surface area is 199 Å². The van der Waals surface area contributed by atoms with Crippen molar-refractivity contribution in [2.45, 2.75) is 13.5 Å². The van der Waals surface area contributed by atoms with E-state index in [1.54, 1.807) is 6.92 Å². The van der Waals surface area contributed by atoms with Crippen LogP contribution < -0.4 is 11.2 Å². The number of nitriles is 1. The van der Waals surface area contributed by atoms with Crippen molar-refractivity contribution in [1.82, 2.24) is 29.1 Å². The summed E-state index contributed by atoms with van der Waals surface area (Å²) in [6.45, 7) is 1.19. The van der Waals surface area contributed by atoms with Crippen molar-refractivity contribution in [2.75, 3.05) is 0 Å². The molecule has 0 N–H and O–H groups in total. The van der Waals surface area contributed by atoms with Crippen LogP contribution in [0.2, 0.25) is 0 Å². The topological polar surface area (TPSA) is 111 Å². The quantitative estimate of drug-likeness (QED) is 0.384. The van der Waals surface area contributed by atoms with Gasteiger partial charge in [-0.25, -0.2) is 27.2 Å². The molecule has 0 saturated carbocycles. The average molecular weight is 489 g/mol. The Morgan fingerprint density at radius 1 is 1.03 bits per heavy atom. The molecule has 5 rings (SSSR count). The number of aryl methyl sites for hydroxylation is 1. The number of pyridine rings is 1. The predicted molar refractivity (Wildman–Crippen MR) is 122 cm³/mol. The van der Waals surface area contributed by atoms with Crippen molar-refractivity contribution in [2.24, 2.45) is 0 Å². The molecule has 5 aromatic rings. The molecule has 0 aliphatic rings. The smallest absolute Gasteiger partial charge is 0.277 e. The average Bonchev–Trinajstić information content (AvgIpc) is 3.23. The van der Waals surface area contributed by atoms with Gasteiger partial charge in [-0.3, -0.25) is 14.3 Å². The second kappa shape index (κ2) is 8.62. The van der Waals surface area contributed by atoms with Crippen LogP contribution in [0.25, 0.3) is 33.7 Å². The molecule has 0 radical (unpaired) electrons. The zero-order valence-electron chi connectivity index (χ0n) is 18.5. The second-order valence-electron chi connectivity index (χ2n) is 7.85. The first-order valence-electron chi connectivity index (χ1n) is 10.5. The number of benzene rings is 2. The highest BCUT2D eigenvalue weighted by Crippen LogP contribution is 2.27. The van der Waals surface area contributed by atoms with E-state index in [4.69, 9.17) is 0 Å². The highest BCUT2D eigenvalue weighted by Gasteiger charge is 2.26. The molecule has 178 valence electrons. The molecule has 0 aliphatic heterocycles. The number of halogens is 3. The molecule has 0 atom stereocenters. The summed E-state index contributed by atoms with van der Waals surface area (Å²) in [5.74, 6) is -3.05. The number of nitrogens with zero attached hydrogens (tertiary/aromatic N) is 7. The molecule has 0 fully saturated rings. The van der Waals surface area contributed by atoms with Gasteiger partial charge in [0, 0.05) is 23.9 Å². The van der Waals surface area contributed by atoms with Gasteiger partial charge in [0.1, 0.15) is 17.9 Å². The van der Waals surface area contributed by atoms with Gasteiger partial charge in [-0.05, 0) is 30.7 Å². The number of rotatable bonds is 4. The van der Waals surface area contributed by atoms with E-state index in [9.17, 15) is 28.0 Å². The maximum absolute atomic E-state index is 14.2. The fourth-order valence-electron chi connectivity index (χ4n) is 3.95. The number of fused-ring (bicyclic) bond motifs is 1. The molecule has 0 bridgehead atoms. The molecule has 9 nitrogen and oxygen atoms in total. The summed E-state index contributed by atoms with van der Waals surface area (Å²) in [5, 5.41) is 17.2. The van der Waals surface area contributed by atoms with Gasteiger partial charge in [-0.2, -0.15) is 5.26 Å². The minimum Gasteiger partial charge on any atom is -0.277 e. The Balaban J connectivity index is 2.00. The molecule has 12 heteroatoms. The Morgan fingerprint density at radius 3 is 2.53 bits per heavy atom. The molecular weight excluding hydrogens is 475 g/mol. The maximum Gasteiger partial charge on any atom is 0.337 e. The number of hydrogen-bond donors (Lipinski definition) is 0. The molecule has 36 heavy (non-hydrogen) atoms. The van der Waals surface area contributed by atoms with Crippen LogP contribution in [0.5, 0.6) is 0 Å². The summed E-state index contributed by atoms with van der Waals surface area (Å²) in [6, 6.07) is 10.1. The summed E-state index contributed by atoms with van der Waals surface area (Å²) >= 11 is 0. The maximum atomic E-state index is 14.2. The molecule has 0 saturated heterocycles.